The Morgan fingerprint density at radius 1 is 1.35 bits per heavy atom. The van der Waals surface area contributed by atoms with E-state index in [1.165, 1.54) is 4.88 Å². The fourth-order valence-electron chi connectivity index (χ4n) is 1.52. The molecule has 0 radical (unpaired) electrons. The Kier molecular flexibility index (Phi) is 7.58. The summed E-state index contributed by atoms with van der Waals surface area (Å²) in [6.45, 7) is 7.66. The Morgan fingerprint density at radius 3 is 2.70 bits per heavy atom. The highest BCUT2D eigenvalue weighted by Crippen LogP contribution is 2.14. The van der Waals surface area contributed by atoms with E-state index in [2.05, 4.69) is 10.6 Å². The first-order chi connectivity index (χ1) is 9.47. The van der Waals surface area contributed by atoms with Crippen molar-refractivity contribution in [3.05, 3.63) is 21.9 Å². The summed E-state index contributed by atoms with van der Waals surface area (Å²) in [5.41, 5.74) is 0. The average molecular weight is 300 g/mol. The normalized spacial score (nSPS) is 12.4. The number of thiophene rings is 1. The molecule has 1 aromatic rings. The first kappa shape index (κ1) is 16.9. The van der Waals surface area contributed by atoms with Crippen LogP contribution in [0.15, 0.2) is 12.1 Å². The summed E-state index contributed by atoms with van der Waals surface area (Å²) in [5, 5.41) is 15.0. The monoisotopic (exact) mass is 300 g/mol. The molecule has 114 valence electrons. The highest BCUT2D eigenvalue weighted by atomic mass is 32.1. The number of aryl methyl sites for hydroxylation is 1. The summed E-state index contributed by atoms with van der Waals surface area (Å²) in [6, 6.07) is 3.74. The lowest BCUT2D eigenvalue weighted by Crippen LogP contribution is -2.40. The number of urea groups is 1. The van der Waals surface area contributed by atoms with Gasteiger partial charge in [0.25, 0.3) is 0 Å². The van der Waals surface area contributed by atoms with Gasteiger partial charge in [0.15, 0.2) is 0 Å². The van der Waals surface area contributed by atoms with Crippen LogP contribution in [0.1, 0.15) is 23.6 Å². The molecule has 20 heavy (non-hydrogen) atoms. The predicted molar refractivity (Wildman–Crippen MR) is 81.0 cm³/mol. The van der Waals surface area contributed by atoms with Gasteiger partial charge in [-0.15, -0.1) is 11.3 Å². The SMILES string of the molecule is Cc1ccc(CNC(=O)NCC(O)COCC(C)C)s1. The number of hydrogen-bond donors (Lipinski definition) is 3. The van der Waals surface area contributed by atoms with Crippen LogP contribution < -0.4 is 10.6 Å². The third-order valence-electron chi connectivity index (χ3n) is 2.48. The zero-order valence-electron chi connectivity index (χ0n) is 12.3. The van der Waals surface area contributed by atoms with Gasteiger partial charge < -0.3 is 20.5 Å². The number of nitrogens with one attached hydrogen (secondary N) is 2. The minimum Gasteiger partial charge on any atom is -0.389 e. The molecule has 0 spiro atoms. The molecule has 3 N–H and O–H groups in total. The van der Waals surface area contributed by atoms with Crippen molar-refractivity contribution in [3.8, 4) is 0 Å². The average Bonchev–Trinajstić information content (AvgIpc) is 2.79. The van der Waals surface area contributed by atoms with Gasteiger partial charge in [0.05, 0.1) is 19.3 Å². The first-order valence-electron chi connectivity index (χ1n) is 6.80. The van der Waals surface area contributed by atoms with Crippen LogP contribution in [-0.2, 0) is 11.3 Å². The molecule has 0 aliphatic rings. The van der Waals surface area contributed by atoms with Crippen LogP contribution in [0.4, 0.5) is 4.79 Å². The Morgan fingerprint density at radius 2 is 2.10 bits per heavy atom. The molecular formula is C14H24N2O3S. The van der Waals surface area contributed by atoms with Gasteiger partial charge in [0, 0.05) is 22.9 Å². The second kappa shape index (κ2) is 8.94. The van der Waals surface area contributed by atoms with Crippen LogP contribution >= 0.6 is 11.3 Å². The van der Waals surface area contributed by atoms with Crippen molar-refractivity contribution < 1.29 is 14.6 Å². The zero-order valence-corrected chi connectivity index (χ0v) is 13.1. The van der Waals surface area contributed by atoms with Crippen LogP contribution in [0.25, 0.3) is 0 Å². The topological polar surface area (TPSA) is 70.6 Å². The molecule has 0 aliphatic carbocycles. The van der Waals surface area contributed by atoms with Crippen molar-refractivity contribution in [3.63, 3.8) is 0 Å². The lowest BCUT2D eigenvalue weighted by molar-refractivity contribution is 0.0272. The quantitative estimate of drug-likeness (QED) is 0.686. The molecule has 2 amide bonds. The fraction of sp³-hybridized carbons (Fsp3) is 0.643. The lowest BCUT2D eigenvalue weighted by atomic mass is 10.2. The molecule has 1 unspecified atom stereocenters. The zero-order chi connectivity index (χ0) is 15.0. The van der Waals surface area contributed by atoms with Gasteiger partial charge in [-0.1, -0.05) is 13.8 Å². The van der Waals surface area contributed by atoms with Gasteiger partial charge in [-0.25, -0.2) is 4.79 Å². The maximum absolute atomic E-state index is 11.5. The van der Waals surface area contributed by atoms with E-state index in [0.29, 0.717) is 19.1 Å². The van der Waals surface area contributed by atoms with Gasteiger partial charge in [0.2, 0.25) is 0 Å². The van der Waals surface area contributed by atoms with Gasteiger partial charge >= 0.3 is 6.03 Å². The van der Waals surface area contributed by atoms with Crippen LogP contribution in [0, 0.1) is 12.8 Å². The summed E-state index contributed by atoms with van der Waals surface area (Å²) in [6.07, 6.45) is -0.677. The Hall–Kier alpha value is -1.11. The number of aliphatic hydroxyl groups is 1. The predicted octanol–water partition coefficient (Wildman–Crippen LogP) is 1.89. The minimum absolute atomic E-state index is 0.188. The molecule has 1 atom stereocenters. The van der Waals surface area contributed by atoms with Gasteiger partial charge in [-0.2, -0.15) is 0 Å². The van der Waals surface area contributed by atoms with Crippen LogP contribution in [0.5, 0.6) is 0 Å². The van der Waals surface area contributed by atoms with Gasteiger partial charge in [-0.3, -0.25) is 0 Å². The number of carbonyl (C=O) groups excluding carboxylic acids is 1. The van der Waals surface area contributed by atoms with Crippen molar-refractivity contribution in [1.29, 1.82) is 0 Å². The molecule has 0 aliphatic heterocycles. The summed E-state index contributed by atoms with van der Waals surface area (Å²) in [5.74, 6) is 0.438. The molecule has 0 aromatic carbocycles. The molecule has 1 aromatic heterocycles. The fourth-order valence-corrected chi connectivity index (χ4v) is 2.35. The molecule has 1 heterocycles. The number of ether oxygens (including phenoxy) is 1. The number of hydrogen-bond acceptors (Lipinski definition) is 4. The first-order valence-corrected chi connectivity index (χ1v) is 7.62. The van der Waals surface area contributed by atoms with E-state index in [1.54, 1.807) is 11.3 Å². The maximum atomic E-state index is 11.5. The van der Waals surface area contributed by atoms with Crippen molar-refractivity contribution in [2.75, 3.05) is 19.8 Å². The minimum atomic E-state index is -0.677. The lowest BCUT2D eigenvalue weighted by Gasteiger charge is -2.13. The van der Waals surface area contributed by atoms with E-state index in [-0.39, 0.29) is 19.2 Å². The van der Waals surface area contributed by atoms with Gasteiger partial charge in [0.1, 0.15) is 0 Å². The molecule has 0 fully saturated rings. The second-order valence-electron chi connectivity index (χ2n) is 5.16. The van der Waals surface area contributed by atoms with Crippen molar-refractivity contribution in [2.24, 2.45) is 5.92 Å². The van der Waals surface area contributed by atoms with Crippen LogP contribution in [-0.4, -0.2) is 37.0 Å². The molecule has 0 saturated carbocycles. The number of rotatable bonds is 8. The summed E-state index contributed by atoms with van der Waals surface area (Å²) >= 11 is 1.66. The summed E-state index contributed by atoms with van der Waals surface area (Å²) in [4.78, 5) is 13.9. The molecule has 1 rings (SSSR count). The van der Waals surface area contributed by atoms with Crippen molar-refractivity contribution >= 4 is 17.4 Å². The van der Waals surface area contributed by atoms with Crippen molar-refractivity contribution in [2.45, 2.75) is 33.4 Å². The third kappa shape index (κ3) is 7.47. The van der Waals surface area contributed by atoms with Gasteiger partial charge in [-0.05, 0) is 25.0 Å². The highest BCUT2D eigenvalue weighted by Gasteiger charge is 2.08. The summed E-state index contributed by atoms with van der Waals surface area (Å²) in [7, 11) is 0. The van der Waals surface area contributed by atoms with Crippen LogP contribution in [0.3, 0.4) is 0 Å². The highest BCUT2D eigenvalue weighted by molar-refractivity contribution is 7.11. The smallest absolute Gasteiger partial charge is 0.315 e. The number of amides is 2. The molecule has 0 saturated heterocycles. The molecule has 5 nitrogen and oxygen atoms in total. The van der Waals surface area contributed by atoms with Crippen LogP contribution in [0.2, 0.25) is 0 Å². The number of aliphatic hydroxyl groups excluding tert-OH is 1. The maximum Gasteiger partial charge on any atom is 0.315 e. The third-order valence-corrected chi connectivity index (χ3v) is 3.48. The molecular weight excluding hydrogens is 276 g/mol. The largest absolute Gasteiger partial charge is 0.389 e. The van der Waals surface area contributed by atoms with E-state index < -0.39 is 6.10 Å². The standard InChI is InChI=1S/C14H24N2O3S/c1-10(2)8-19-9-12(17)6-15-14(18)16-7-13-5-4-11(3)20-13/h4-5,10,12,17H,6-9H2,1-3H3,(H2,15,16,18). The second-order valence-corrected chi connectivity index (χ2v) is 6.53. The van der Waals surface area contributed by atoms with E-state index in [9.17, 15) is 9.90 Å². The van der Waals surface area contributed by atoms with E-state index >= 15 is 0 Å². The molecule has 6 heteroatoms. The molecule has 0 bridgehead atoms. The van der Waals surface area contributed by atoms with E-state index in [4.69, 9.17) is 4.74 Å². The Bertz CT molecular complexity index is 407. The number of carbonyl (C=O) groups is 1. The van der Waals surface area contributed by atoms with Crippen molar-refractivity contribution in [1.82, 2.24) is 10.6 Å². The Labute approximate surface area is 124 Å². The summed E-state index contributed by atoms with van der Waals surface area (Å²) < 4.78 is 5.30. The van der Waals surface area contributed by atoms with E-state index in [0.717, 1.165) is 4.88 Å². The Balaban J connectivity index is 2.10. The van der Waals surface area contributed by atoms with E-state index in [1.807, 2.05) is 32.9 Å².